The lowest BCUT2D eigenvalue weighted by molar-refractivity contribution is 0.217. The summed E-state index contributed by atoms with van der Waals surface area (Å²) in [5.41, 5.74) is 1.10. The molecule has 1 N–H and O–H groups in total. The molecule has 1 fully saturated rings. The molecule has 4 heteroatoms. The third kappa shape index (κ3) is 4.04. The van der Waals surface area contributed by atoms with Crippen molar-refractivity contribution in [2.24, 2.45) is 5.92 Å². The number of rotatable bonds is 6. The van der Waals surface area contributed by atoms with Crippen molar-refractivity contribution in [3.8, 4) is 11.5 Å². The summed E-state index contributed by atoms with van der Waals surface area (Å²) in [5, 5.41) is 3.52. The summed E-state index contributed by atoms with van der Waals surface area (Å²) >= 11 is 0. The molecule has 2 rings (SSSR count). The van der Waals surface area contributed by atoms with Gasteiger partial charge in [-0.05, 0) is 51.4 Å². The van der Waals surface area contributed by atoms with E-state index in [0.717, 1.165) is 29.6 Å². The van der Waals surface area contributed by atoms with Crippen LogP contribution in [0.4, 0.5) is 5.69 Å². The number of methoxy groups -OCH3 is 1. The van der Waals surface area contributed by atoms with E-state index < -0.39 is 0 Å². The molecule has 0 amide bonds. The van der Waals surface area contributed by atoms with Crippen LogP contribution in [-0.2, 0) is 0 Å². The number of anilines is 1. The quantitative estimate of drug-likeness (QED) is 0.867. The zero-order valence-electron chi connectivity index (χ0n) is 12.8. The highest BCUT2D eigenvalue weighted by Crippen LogP contribution is 2.30. The molecule has 0 radical (unpaired) electrons. The Labute approximate surface area is 122 Å². The first-order valence-electron chi connectivity index (χ1n) is 7.46. The summed E-state index contributed by atoms with van der Waals surface area (Å²) < 4.78 is 10.9. The van der Waals surface area contributed by atoms with Crippen molar-refractivity contribution in [3.63, 3.8) is 0 Å². The summed E-state index contributed by atoms with van der Waals surface area (Å²) in [4.78, 5) is 2.41. The van der Waals surface area contributed by atoms with Crippen LogP contribution in [0.2, 0.25) is 0 Å². The molecule has 0 saturated carbocycles. The standard InChI is InChI=1S/C16H26N2O2/c1-4-20-15-8-7-14(10-16(15)19-3)17-11-13-6-5-9-18(2)12-13/h7-8,10,13,17H,4-6,9,11-12H2,1-3H3. The normalized spacial score (nSPS) is 19.6. The van der Waals surface area contributed by atoms with Crippen LogP contribution in [-0.4, -0.2) is 45.3 Å². The van der Waals surface area contributed by atoms with Gasteiger partial charge in [0.1, 0.15) is 0 Å². The number of nitrogens with zero attached hydrogens (tertiary/aromatic N) is 1. The Balaban J connectivity index is 1.92. The van der Waals surface area contributed by atoms with Gasteiger partial charge in [-0.15, -0.1) is 0 Å². The van der Waals surface area contributed by atoms with Gasteiger partial charge in [0, 0.05) is 24.8 Å². The maximum Gasteiger partial charge on any atom is 0.162 e. The number of likely N-dealkylation sites (tertiary alicyclic amines) is 1. The van der Waals surface area contributed by atoms with Gasteiger partial charge in [0.05, 0.1) is 13.7 Å². The van der Waals surface area contributed by atoms with E-state index in [9.17, 15) is 0 Å². The van der Waals surface area contributed by atoms with Gasteiger partial charge in [0.25, 0.3) is 0 Å². The second-order valence-corrected chi connectivity index (χ2v) is 5.45. The minimum atomic E-state index is 0.650. The first-order valence-corrected chi connectivity index (χ1v) is 7.46. The molecule has 0 spiro atoms. The van der Waals surface area contributed by atoms with Crippen LogP contribution in [0.15, 0.2) is 18.2 Å². The smallest absolute Gasteiger partial charge is 0.162 e. The van der Waals surface area contributed by atoms with Gasteiger partial charge in [-0.1, -0.05) is 0 Å². The van der Waals surface area contributed by atoms with E-state index in [4.69, 9.17) is 9.47 Å². The fourth-order valence-electron chi connectivity index (χ4n) is 2.75. The molecule has 0 aromatic heterocycles. The predicted molar refractivity (Wildman–Crippen MR) is 82.9 cm³/mol. The molecule has 1 aromatic carbocycles. The Bertz CT molecular complexity index is 423. The van der Waals surface area contributed by atoms with Crippen LogP contribution in [0.25, 0.3) is 0 Å². The van der Waals surface area contributed by atoms with E-state index in [1.54, 1.807) is 7.11 Å². The SMILES string of the molecule is CCOc1ccc(NCC2CCCN(C)C2)cc1OC. The largest absolute Gasteiger partial charge is 0.493 e. The van der Waals surface area contributed by atoms with E-state index in [2.05, 4.69) is 23.3 Å². The fraction of sp³-hybridized carbons (Fsp3) is 0.625. The van der Waals surface area contributed by atoms with Crippen molar-refractivity contribution < 1.29 is 9.47 Å². The molecule has 1 aromatic rings. The van der Waals surface area contributed by atoms with Gasteiger partial charge < -0.3 is 19.7 Å². The lowest BCUT2D eigenvalue weighted by Crippen LogP contribution is -2.35. The summed E-state index contributed by atoms with van der Waals surface area (Å²) in [6.45, 7) is 6.05. The lowest BCUT2D eigenvalue weighted by Gasteiger charge is -2.30. The van der Waals surface area contributed by atoms with Crippen LogP contribution >= 0.6 is 0 Å². The Kier molecular flexibility index (Phi) is 5.53. The first-order chi connectivity index (χ1) is 9.72. The molecule has 1 atom stereocenters. The van der Waals surface area contributed by atoms with Gasteiger partial charge >= 0.3 is 0 Å². The molecule has 112 valence electrons. The van der Waals surface area contributed by atoms with Gasteiger partial charge in [-0.3, -0.25) is 0 Å². The highest BCUT2D eigenvalue weighted by atomic mass is 16.5. The van der Waals surface area contributed by atoms with Crippen molar-refractivity contribution in [1.82, 2.24) is 4.90 Å². The third-order valence-corrected chi connectivity index (χ3v) is 3.78. The van der Waals surface area contributed by atoms with Gasteiger partial charge in [-0.2, -0.15) is 0 Å². The maximum atomic E-state index is 5.53. The Morgan fingerprint density at radius 3 is 2.90 bits per heavy atom. The molecular weight excluding hydrogens is 252 g/mol. The Hall–Kier alpha value is -1.42. The molecule has 1 aliphatic heterocycles. The van der Waals surface area contributed by atoms with Crippen molar-refractivity contribution in [3.05, 3.63) is 18.2 Å². The van der Waals surface area contributed by atoms with E-state index in [1.807, 2.05) is 19.1 Å². The highest BCUT2D eigenvalue weighted by molar-refractivity contribution is 5.54. The van der Waals surface area contributed by atoms with Crippen LogP contribution in [0.3, 0.4) is 0 Å². The molecular formula is C16H26N2O2. The van der Waals surface area contributed by atoms with E-state index in [-0.39, 0.29) is 0 Å². The molecule has 1 heterocycles. The van der Waals surface area contributed by atoms with Gasteiger partial charge in [0.15, 0.2) is 11.5 Å². The summed E-state index contributed by atoms with van der Waals surface area (Å²) in [6.07, 6.45) is 2.61. The van der Waals surface area contributed by atoms with Gasteiger partial charge in [0.2, 0.25) is 0 Å². The molecule has 0 aliphatic carbocycles. The summed E-state index contributed by atoms with van der Waals surface area (Å²) in [5.74, 6) is 2.32. The minimum absolute atomic E-state index is 0.650. The third-order valence-electron chi connectivity index (χ3n) is 3.78. The van der Waals surface area contributed by atoms with E-state index in [0.29, 0.717) is 6.61 Å². The highest BCUT2D eigenvalue weighted by Gasteiger charge is 2.16. The number of piperidine rings is 1. The second-order valence-electron chi connectivity index (χ2n) is 5.45. The second kappa shape index (κ2) is 7.39. The summed E-state index contributed by atoms with van der Waals surface area (Å²) in [7, 11) is 3.88. The van der Waals surface area contributed by atoms with Gasteiger partial charge in [-0.25, -0.2) is 0 Å². The molecule has 1 unspecified atom stereocenters. The first kappa shape index (κ1) is 15.0. The van der Waals surface area contributed by atoms with Crippen molar-refractivity contribution in [1.29, 1.82) is 0 Å². The monoisotopic (exact) mass is 278 g/mol. The lowest BCUT2D eigenvalue weighted by atomic mass is 9.98. The fourth-order valence-corrected chi connectivity index (χ4v) is 2.75. The van der Waals surface area contributed by atoms with Crippen molar-refractivity contribution in [2.45, 2.75) is 19.8 Å². The van der Waals surface area contributed by atoms with Crippen LogP contribution < -0.4 is 14.8 Å². The van der Waals surface area contributed by atoms with Crippen molar-refractivity contribution in [2.75, 3.05) is 45.7 Å². The maximum absolute atomic E-state index is 5.53. The van der Waals surface area contributed by atoms with Crippen LogP contribution in [0.5, 0.6) is 11.5 Å². The predicted octanol–water partition coefficient (Wildman–Crippen LogP) is 2.85. The minimum Gasteiger partial charge on any atom is -0.493 e. The molecule has 1 aliphatic rings. The van der Waals surface area contributed by atoms with E-state index in [1.165, 1.54) is 25.9 Å². The number of hydrogen-bond acceptors (Lipinski definition) is 4. The van der Waals surface area contributed by atoms with E-state index >= 15 is 0 Å². The topological polar surface area (TPSA) is 33.7 Å². The summed E-state index contributed by atoms with van der Waals surface area (Å²) in [6, 6.07) is 6.04. The Morgan fingerprint density at radius 1 is 1.35 bits per heavy atom. The zero-order chi connectivity index (χ0) is 14.4. The molecule has 1 saturated heterocycles. The Morgan fingerprint density at radius 2 is 2.20 bits per heavy atom. The van der Waals surface area contributed by atoms with Crippen molar-refractivity contribution >= 4 is 5.69 Å². The molecule has 0 bridgehead atoms. The number of nitrogens with one attached hydrogen (secondary N) is 1. The number of hydrogen-bond donors (Lipinski definition) is 1. The number of benzene rings is 1. The average Bonchev–Trinajstić information content (AvgIpc) is 2.46. The zero-order valence-corrected chi connectivity index (χ0v) is 12.8. The van der Waals surface area contributed by atoms with Crippen LogP contribution in [0, 0.1) is 5.92 Å². The molecule has 20 heavy (non-hydrogen) atoms. The van der Waals surface area contributed by atoms with Crippen LogP contribution in [0.1, 0.15) is 19.8 Å². The average molecular weight is 278 g/mol. The molecule has 4 nitrogen and oxygen atoms in total. The number of ether oxygens (including phenoxy) is 2.